The molecular formula is C27H33NO. The van der Waals surface area contributed by atoms with Crippen molar-refractivity contribution in [3.63, 3.8) is 0 Å². The number of carbonyl (C=O) groups is 1. The molecule has 0 bridgehead atoms. The van der Waals surface area contributed by atoms with Gasteiger partial charge in [0.15, 0.2) is 5.78 Å². The van der Waals surface area contributed by atoms with Gasteiger partial charge in [0.2, 0.25) is 0 Å². The molecule has 0 aromatic heterocycles. The molecular weight excluding hydrogens is 354 g/mol. The molecule has 152 valence electrons. The monoisotopic (exact) mass is 387 g/mol. The van der Waals surface area contributed by atoms with Gasteiger partial charge in [0.05, 0.1) is 0 Å². The maximum Gasteiger partial charge on any atom is 0.187 e. The second-order valence-electron chi connectivity index (χ2n) is 7.95. The van der Waals surface area contributed by atoms with Crippen LogP contribution in [0.3, 0.4) is 0 Å². The molecule has 2 nitrogen and oxygen atoms in total. The minimum atomic E-state index is 0.185. The van der Waals surface area contributed by atoms with Crippen molar-refractivity contribution in [2.24, 2.45) is 0 Å². The van der Waals surface area contributed by atoms with E-state index < -0.39 is 0 Å². The summed E-state index contributed by atoms with van der Waals surface area (Å²) >= 11 is 0. The zero-order valence-corrected chi connectivity index (χ0v) is 18.1. The molecule has 0 aliphatic carbocycles. The zero-order chi connectivity index (χ0) is 20.6. The second kappa shape index (κ2) is 10.4. The van der Waals surface area contributed by atoms with Crippen LogP contribution >= 0.6 is 0 Å². The molecule has 1 aliphatic rings. The van der Waals surface area contributed by atoms with Gasteiger partial charge in [-0.2, -0.15) is 0 Å². The fourth-order valence-electron chi connectivity index (χ4n) is 3.87. The third-order valence-corrected chi connectivity index (χ3v) is 5.54. The molecule has 29 heavy (non-hydrogen) atoms. The van der Waals surface area contributed by atoms with Gasteiger partial charge in [-0.1, -0.05) is 82.1 Å². The Morgan fingerprint density at radius 3 is 1.48 bits per heavy atom. The van der Waals surface area contributed by atoms with Crippen molar-refractivity contribution in [1.82, 2.24) is 4.90 Å². The standard InChI is InChI=1S/C27H33NO/c1-4-7-21-9-13-23(14-10-21)17-25-19-28(6-3)20-26(27(25)29)18-24-15-11-22(8-5-2)12-16-24/h9-18H,4-8,19-20H2,1-3H3/b25-17-,26-18+. The van der Waals surface area contributed by atoms with E-state index in [2.05, 4.69) is 86.4 Å². The smallest absolute Gasteiger partial charge is 0.187 e. The van der Waals surface area contributed by atoms with Gasteiger partial charge in [0.25, 0.3) is 0 Å². The molecule has 1 saturated heterocycles. The second-order valence-corrected chi connectivity index (χ2v) is 7.95. The van der Waals surface area contributed by atoms with Gasteiger partial charge in [-0.25, -0.2) is 0 Å². The maximum atomic E-state index is 13.2. The summed E-state index contributed by atoms with van der Waals surface area (Å²) in [6.45, 7) is 8.93. The first-order chi connectivity index (χ1) is 14.1. The molecule has 1 aliphatic heterocycles. The minimum Gasteiger partial charge on any atom is -0.295 e. The maximum absolute atomic E-state index is 13.2. The Bertz CT molecular complexity index is 800. The summed E-state index contributed by atoms with van der Waals surface area (Å²) in [5, 5.41) is 0. The van der Waals surface area contributed by atoms with Crippen LogP contribution < -0.4 is 0 Å². The van der Waals surface area contributed by atoms with Gasteiger partial charge >= 0.3 is 0 Å². The molecule has 2 heteroatoms. The molecule has 2 aromatic rings. The lowest BCUT2D eigenvalue weighted by Crippen LogP contribution is -2.37. The predicted molar refractivity (Wildman–Crippen MR) is 124 cm³/mol. The highest BCUT2D eigenvalue weighted by molar-refractivity contribution is 6.14. The number of ketones is 1. The Labute approximate surface area is 175 Å². The minimum absolute atomic E-state index is 0.185. The summed E-state index contributed by atoms with van der Waals surface area (Å²) in [6, 6.07) is 17.2. The van der Waals surface area contributed by atoms with Crippen LogP contribution in [0.1, 0.15) is 55.9 Å². The SMILES string of the molecule is CCCc1ccc(/C=C2/CN(CC)C/C(=C\c3ccc(CCC)cc3)C2=O)cc1. The first-order valence-electron chi connectivity index (χ1n) is 11.0. The van der Waals surface area contributed by atoms with Gasteiger partial charge in [-0.3, -0.25) is 9.69 Å². The Morgan fingerprint density at radius 2 is 1.14 bits per heavy atom. The van der Waals surface area contributed by atoms with Crippen molar-refractivity contribution in [1.29, 1.82) is 0 Å². The summed E-state index contributed by atoms with van der Waals surface area (Å²) in [4.78, 5) is 15.5. The Hall–Kier alpha value is -2.45. The first kappa shape index (κ1) is 21.3. The van der Waals surface area contributed by atoms with E-state index in [0.717, 1.165) is 67.6 Å². The Kier molecular flexibility index (Phi) is 7.60. The largest absolute Gasteiger partial charge is 0.295 e. The number of carbonyl (C=O) groups excluding carboxylic acids is 1. The summed E-state index contributed by atoms with van der Waals surface area (Å²) in [6.07, 6.45) is 8.64. The average molecular weight is 388 g/mol. The van der Waals surface area contributed by atoms with Crippen molar-refractivity contribution in [2.75, 3.05) is 19.6 Å². The molecule has 1 fully saturated rings. The van der Waals surface area contributed by atoms with E-state index in [1.807, 2.05) is 0 Å². The van der Waals surface area contributed by atoms with Gasteiger partial charge in [0, 0.05) is 24.2 Å². The normalized spacial score (nSPS) is 18.0. The lowest BCUT2D eigenvalue weighted by molar-refractivity contribution is -0.113. The third-order valence-electron chi connectivity index (χ3n) is 5.54. The van der Waals surface area contributed by atoms with Crippen molar-refractivity contribution < 1.29 is 4.79 Å². The number of likely N-dealkylation sites (N-methyl/N-ethyl adjacent to an activating group) is 1. The number of piperidine rings is 1. The lowest BCUT2D eigenvalue weighted by atomic mass is 9.93. The number of rotatable bonds is 7. The summed E-state index contributed by atoms with van der Waals surface area (Å²) in [5.74, 6) is 0.185. The first-order valence-corrected chi connectivity index (χ1v) is 11.0. The number of benzene rings is 2. The molecule has 0 unspecified atom stereocenters. The zero-order valence-electron chi connectivity index (χ0n) is 18.1. The van der Waals surface area contributed by atoms with Crippen LogP contribution in [0.5, 0.6) is 0 Å². The molecule has 0 N–H and O–H groups in total. The molecule has 0 spiro atoms. The predicted octanol–water partition coefficient (Wildman–Crippen LogP) is 5.96. The van der Waals surface area contributed by atoms with Crippen molar-refractivity contribution in [3.05, 3.63) is 81.9 Å². The van der Waals surface area contributed by atoms with Crippen molar-refractivity contribution in [2.45, 2.75) is 46.5 Å². The lowest BCUT2D eigenvalue weighted by Gasteiger charge is -2.28. The topological polar surface area (TPSA) is 20.3 Å². The van der Waals surface area contributed by atoms with E-state index in [9.17, 15) is 4.79 Å². The number of Topliss-reactive ketones (excluding diaryl/α,β-unsaturated/α-hetero) is 1. The van der Waals surface area contributed by atoms with Crippen LogP contribution in [-0.2, 0) is 17.6 Å². The van der Waals surface area contributed by atoms with Crippen LogP contribution in [0.15, 0.2) is 59.7 Å². The Morgan fingerprint density at radius 1 is 0.724 bits per heavy atom. The van der Waals surface area contributed by atoms with Crippen LogP contribution in [0, 0.1) is 0 Å². The van der Waals surface area contributed by atoms with Crippen LogP contribution in [0.25, 0.3) is 12.2 Å². The van der Waals surface area contributed by atoms with Crippen LogP contribution in [-0.4, -0.2) is 30.3 Å². The van der Waals surface area contributed by atoms with E-state index >= 15 is 0 Å². The van der Waals surface area contributed by atoms with E-state index in [-0.39, 0.29) is 5.78 Å². The molecule has 2 aromatic carbocycles. The van der Waals surface area contributed by atoms with Gasteiger partial charge < -0.3 is 0 Å². The fourth-order valence-corrected chi connectivity index (χ4v) is 3.87. The number of likely N-dealkylation sites (tertiary alicyclic amines) is 1. The van der Waals surface area contributed by atoms with Gasteiger partial charge in [-0.05, 0) is 53.8 Å². The quantitative estimate of drug-likeness (QED) is 0.546. The summed E-state index contributed by atoms with van der Waals surface area (Å²) in [7, 11) is 0. The number of hydrogen-bond acceptors (Lipinski definition) is 2. The highest BCUT2D eigenvalue weighted by Crippen LogP contribution is 2.22. The highest BCUT2D eigenvalue weighted by atomic mass is 16.1. The summed E-state index contributed by atoms with van der Waals surface area (Å²) < 4.78 is 0. The molecule has 0 radical (unpaired) electrons. The van der Waals surface area contributed by atoms with E-state index in [0.29, 0.717) is 0 Å². The fraction of sp³-hybridized carbons (Fsp3) is 0.370. The van der Waals surface area contributed by atoms with Crippen LogP contribution in [0.2, 0.25) is 0 Å². The van der Waals surface area contributed by atoms with Crippen LogP contribution in [0.4, 0.5) is 0 Å². The average Bonchev–Trinajstić information content (AvgIpc) is 2.74. The third kappa shape index (κ3) is 5.77. The van der Waals surface area contributed by atoms with E-state index in [4.69, 9.17) is 0 Å². The molecule has 0 saturated carbocycles. The highest BCUT2D eigenvalue weighted by Gasteiger charge is 2.25. The molecule has 3 rings (SSSR count). The number of hydrogen-bond donors (Lipinski definition) is 0. The molecule has 0 amide bonds. The number of aryl methyl sites for hydroxylation is 2. The van der Waals surface area contributed by atoms with Gasteiger partial charge in [-0.15, -0.1) is 0 Å². The molecule has 0 atom stereocenters. The Balaban J connectivity index is 1.84. The summed E-state index contributed by atoms with van der Waals surface area (Å²) in [5.41, 5.74) is 6.69. The van der Waals surface area contributed by atoms with E-state index in [1.54, 1.807) is 0 Å². The molecule has 1 heterocycles. The van der Waals surface area contributed by atoms with E-state index in [1.165, 1.54) is 11.1 Å². The van der Waals surface area contributed by atoms with Crippen molar-refractivity contribution >= 4 is 17.9 Å². The number of nitrogens with zero attached hydrogens (tertiary/aromatic N) is 1. The van der Waals surface area contributed by atoms with Gasteiger partial charge in [0.1, 0.15) is 0 Å². The van der Waals surface area contributed by atoms with Crippen molar-refractivity contribution in [3.8, 4) is 0 Å².